The van der Waals surface area contributed by atoms with Gasteiger partial charge >= 0.3 is 0 Å². The number of rotatable bonds is 6. The molecule has 12 heavy (non-hydrogen) atoms. The zero-order valence-electron chi connectivity index (χ0n) is 9.19. The summed E-state index contributed by atoms with van der Waals surface area (Å²) < 4.78 is 0. The zero-order chi connectivity index (χ0) is 9.61. The van der Waals surface area contributed by atoms with Gasteiger partial charge in [-0.2, -0.15) is 0 Å². The third-order valence-electron chi connectivity index (χ3n) is 3.26. The lowest BCUT2D eigenvalue weighted by molar-refractivity contribution is 0.321. The van der Waals surface area contributed by atoms with Gasteiger partial charge in [-0.3, -0.25) is 0 Å². The van der Waals surface area contributed by atoms with Crippen LogP contribution in [0.3, 0.4) is 0 Å². The predicted molar refractivity (Wildman–Crippen MR) is 61.7 cm³/mol. The highest BCUT2D eigenvalue weighted by molar-refractivity contribution is 7.19. The average molecular weight is 188 g/mol. The summed E-state index contributed by atoms with van der Waals surface area (Å²) in [5, 5.41) is 0.519. The molecular formula is C11H25P. The molecule has 0 aromatic heterocycles. The van der Waals surface area contributed by atoms with Crippen LogP contribution >= 0.6 is 9.24 Å². The van der Waals surface area contributed by atoms with Gasteiger partial charge < -0.3 is 0 Å². The van der Waals surface area contributed by atoms with Crippen molar-refractivity contribution in [3.05, 3.63) is 0 Å². The summed E-state index contributed by atoms with van der Waals surface area (Å²) in [7, 11) is 3.10. The maximum Gasteiger partial charge on any atom is -0.0127 e. The van der Waals surface area contributed by atoms with Crippen LogP contribution in [0.4, 0.5) is 0 Å². The van der Waals surface area contributed by atoms with E-state index in [-0.39, 0.29) is 0 Å². The predicted octanol–water partition coefficient (Wildman–Crippen LogP) is 4.25. The van der Waals surface area contributed by atoms with Crippen molar-refractivity contribution in [1.82, 2.24) is 0 Å². The fourth-order valence-electron chi connectivity index (χ4n) is 2.07. The molecular weight excluding hydrogens is 163 g/mol. The Labute approximate surface area is 80.7 Å². The van der Waals surface area contributed by atoms with E-state index in [1.807, 2.05) is 0 Å². The summed E-state index contributed by atoms with van der Waals surface area (Å²) in [6.07, 6.45) is 6.65. The average Bonchev–Trinajstić information content (AvgIpc) is 2.13. The summed E-state index contributed by atoms with van der Waals surface area (Å²) in [5.74, 6) is 0.905. The van der Waals surface area contributed by atoms with Crippen molar-refractivity contribution >= 4 is 9.24 Å². The minimum atomic E-state index is 0.519. The third-order valence-corrected chi connectivity index (χ3v) is 4.55. The number of hydrogen-bond donors (Lipinski definition) is 0. The van der Waals surface area contributed by atoms with Crippen LogP contribution < -0.4 is 0 Å². The molecule has 0 amide bonds. The topological polar surface area (TPSA) is 0 Å². The maximum atomic E-state index is 3.10. The molecule has 0 bridgehead atoms. The fourth-order valence-corrected chi connectivity index (χ4v) is 2.48. The first kappa shape index (κ1) is 12.4. The molecule has 0 saturated heterocycles. The maximum absolute atomic E-state index is 3.10. The van der Waals surface area contributed by atoms with Crippen LogP contribution in [-0.4, -0.2) is 5.16 Å². The van der Waals surface area contributed by atoms with Crippen LogP contribution in [0.2, 0.25) is 0 Å². The van der Waals surface area contributed by atoms with Gasteiger partial charge in [0.15, 0.2) is 0 Å². The highest BCUT2D eigenvalue weighted by atomic mass is 31.0. The van der Waals surface area contributed by atoms with Crippen molar-refractivity contribution in [2.75, 3.05) is 0 Å². The zero-order valence-corrected chi connectivity index (χ0v) is 10.3. The molecule has 0 aliphatic heterocycles. The van der Waals surface area contributed by atoms with Crippen molar-refractivity contribution in [1.29, 1.82) is 0 Å². The Morgan fingerprint density at radius 2 is 1.58 bits per heavy atom. The summed E-state index contributed by atoms with van der Waals surface area (Å²) in [5.41, 5.74) is 0. The fraction of sp³-hybridized carbons (Fsp3) is 1.00. The lowest BCUT2D eigenvalue weighted by Crippen LogP contribution is -2.29. The molecule has 0 aliphatic carbocycles. The van der Waals surface area contributed by atoms with Gasteiger partial charge in [0.05, 0.1) is 0 Å². The number of hydrogen-bond acceptors (Lipinski definition) is 0. The van der Waals surface area contributed by atoms with Gasteiger partial charge in [0.1, 0.15) is 0 Å². The summed E-state index contributed by atoms with van der Waals surface area (Å²) in [4.78, 5) is 0. The van der Waals surface area contributed by atoms with E-state index in [9.17, 15) is 0 Å². The molecule has 0 N–H and O–H groups in total. The van der Waals surface area contributed by atoms with Crippen molar-refractivity contribution in [3.8, 4) is 0 Å². The standard InChI is InChI=1S/C11H25P/c1-5-9-10(6-2)11(12,7-3)8-4/h10H,5-9,12H2,1-4H3. The molecule has 0 aromatic rings. The lowest BCUT2D eigenvalue weighted by Gasteiger charge is -2.35. The Balaban J connectivity index is 4.21. The monoisotopic (exact) mass is 188 g/mol. The first-order valence-corrected chi connectivity index (χ1v) is 6.01. The molecule has 0 aliphatic rings. The van der Waals surface area contributed by atoms with Crippen molar-refractivity contribution in [2.45, 2.75) is 65.0 Å². The van der Waals surface area contributed by atoms with Gasteiger partial charge in [-0.15, -0.1) is 9.24 Å². The van der Waals surface area contributed by atoms with Crippen LogP contribution in [0.15, 0.2) is 0 Å². The smallest absolute Gasteiger partial charge is 0.0127 e. The Morgan fingerprint density at radius 3 is 1.83 bits per heavy atom. The minimum absolute atomic E-state index is 0.519. The summed E-state index contributed by atoms with van der Waals surface area (Å²) in [6, 6.07) is 0. The van der Waals surface area contributed by atoms with Gasteiger partial charge in [0.25, 0.3) is 0 Å². The molecule has 2 atom stereocenters. The van der Waals surface area contributed by atoms with Crippen LogP contribution in [-0.2, 0) is 0 Å². The Bertz CT molecular complexity index is 106. The molecule has 0 radical (unpaired) electrons. The highest BCUT2D eigenvalue weighted by Gasteiger charge is 2.28. The van der Waals surface area contributed by atoms with E-state index in [1.54, 1.807) is 0 Å². The molecule has 0 nitrogen and oxygen atoms in total. The van der Waals surface area contributed by atoms with Gasteiger partial charge in [0.2, 0.25) is 0 Å². The van der Waals surface area contributed by atoms with Gasteiger partial charge in [-0.05, 0) is 30.3 Å². The molecule has 0 heterocycles. The Morgan fingerprint density at radius 1 is 1.08 bits per heavy atom. The molecule has 0 saturated carbocycles. The first-order chi connectivity index (χ1) is 5.64. The molecule has 0 rings (SSSR count). The van der Waals surface area contributed by atoms with Gasteiger partial charge in [0, 0.05) is 0 Å². The lowest BCUT2D eigenvalue weighted by atomic mass is 9.82. The van der Waals surface area contributed by atoms with E-state index in [2.05, 4.69) is 36.9 Å². The molecule has 0 fully saturated rings. The van der Waals surface area contributed by atoms with Crippen LogP contribution in [0.25, 0.3) is 0 Å². The molecule has 2 unspecified atom stereocenters. The first-order valence-electron chi connectivity index (χ1n) is 5.43. The van der Waals surface area contributed by atoms with E-state index >= 15 is 0 Å². The van der Waals surface area contributed by atoms with Crippen LogP contribution in [0, 0.1) is 5.92 Å². The van der Waals surface area contributed by atoms with Gasteiger partial charge in [-0.1, -0.05) is 40.5 Å². The van der Waals surface area contributed by atoms with E-state index in [0.29, 0.717) is 5.16 Å². The SMILES string of the molecule is CCCC(CC)C(P)(CC)CC. The van der Waals surface area contributed by atoms with Crippen LogP contribution in [0.5, 0.6) is 0 Å². The van der Waals surface area contributed by atoms with Crippen molar-refractivity contribution in [2.24, 2.45) is 5.92 Å². The highest BCUT2D eigenvalue weighted by Crippen LogP contribution is 2.39. The van der Waals surface area contributed by atoms with Crippen molar-refractivity contribution < 1.29 is 0 Å². The third kappa shape index (κ3) is 3.05. The van der Waals surface area contributed by atoms with Crippen molar-refractivity contribution in [3.63, 3.8) is 0 Å². The second kappa shape index (κ2) is 5.97. The normalized spacial score (nSPS) is 14.8. The molecule has 0 aromatic carbocycles. The summed E-state index contributed by atoms with van der Waals surface area (Å²) >= 11 is 0. The van der Waals surface area contributed by atoms with E-state index in [0.717, 1.165) is 5.92 Å². The van der Waals surface area contributed by atoms with Crippen LogP contribution in [0.1, 0.15) is 59.8 Å². The molecule has 0 spiro atoms. The quantitative estimate of drug-likeness (QED) is 0.547. The van der Waals surface area contributed by atoms with E-state index in [4.69, 9.17) is 0 Å². The summed E-state index contributed by atoms with van der Waals surface area (Å²) in [6.45, 7) is 9.24. The molecule has 1 heteroatoms. The second-order valence-electron chi connectivity index (χ2n) is 3.83. The molecule has 74 valence electrons. The van der Waals surface area contributed by atoms with E-state index < -0.39 is 0 Å². The van der Waals surface area contributed by atoms with E-state index in [1.165, 1.54) is 32.1 Å². The largest absolute Gasteiger partial charge is 0.131 e. The van der Waals surface area contributed by atoms with Gasteiger partial charge in [-0.25, -0.2) is 0 Å². The Kier molecular flexibility index (Phi) is 6.19. The minimum Gasteiger partial charge on any atom is -0.131 e. The second-order valence-corrected chi connectivity index (χ2v) is 4.98. The Hall–Kier alpha value is 0.430.